The van der Waals surface area contributed by atoms with Gasteiger partial charge >= 0.3 is 12.0 Å². The quantitative estimate of drug-likeness (QED) is 0.790. The van der Waals surface area contributed by atoms with Crippen molar-refractivity contribution in [2.24, 2.45) is 5.92 Å². The number of urea groups is 1. The van der Waals surface area contributed by atoms with Gasteiger partial charge in [0.2, 0.25) is 0 Å². The van der Waals surface area contributed by atoms with Crippen molar-refractivity contribution in [2.45, 2.75) is 50.1 Å². The first-order valence-electron chi connectivity index (χ1n) is 8.08. The van der Waals surface area contributed by atoms with Gasteiger partial charge in [-0.2, -0.15) is 0 Å². The Morgan fingerprint density at radius 2 is 1.87 bits per heavy atom. The molecule has 0 saturated heterocycles. The Balaban J connectivity index is 1.42. The lowest BCUT2D eigenvalue weighted by molar-refractivity contribution is -0.142. The van der Waals surface area contributed by atoms with E-state index < -0.39 is 5.97 Å². The summed E-state index contributed by atoms with van der Waals surface area (Å²) in [5.41, 5.74) is 1.16. The minimum atomic E-state index is -0.727. The number of hydrogen-bond acceptors (Lipinski definition) is 2. The van der Waals surface area contributed by atoms with Crippen molar-refractivity contribution in [3.63, 3.8) is 0 Å². The molecule has 2 amide bonds. The minimum Gasteiger partial charge on any atom is -0.481 e. The fraction of sp³-hybridized carbons (Fsp3) is 0.529. The second kappa shape index (κ2) is 6.79. The van der Waals surface area contributed by atoms with Crippen LogP contribution in [0.25, 0.3) is 0 Å². The van der Waals surface area contributed by atoms with Crippen molar-refractivity contribution >= 4 is 23.6 Å². The molecule has 2 saturated carbocycles. The molecule has 124 valence electrons. The number of amides is 2. The predicted molar refractivity (Wildman–Crippen MR) is 87.6 cm³/mol. The molecule has 1 aromatic rings. The van der Waals surface area contributed by atoms with E-state index in [1.54, 1.807) is 0 Å². The molecule has 6 heteroatoms. The van der Waals surface area contributed by atoms with Gasteiger partial charge in [0, 0.05) is 23.0 Å². The Morgan fingerprint density at radius 1 is 1.13 bits per heavy atom. The van der Waals surface area contributed by atoms with Crippen LogP contribution in [0.3, 0.4) is 0 Å². The highest BCUT2D eigenvalue weighted by Gasteiger charge is 2.40. The largest absolute Gasteiger partial charge is 0.481 e. The summed E-state index contributed by atoms with van der Waals surface area (Å²) in [6, 6.07) is 7.82. The molecule has 0 heterocycles. The number of rotatable bonds is 4. The predicted octanol–water partition coefficient (Wildman–Crippen LogP) is 3.14. The summed E-state index contributed by atoms with van der Waals surface area (Å²) in [6.07, 6.45) is 3.66. The third kappa shape index (κ3) is 4.16. The van der Waals surface area contributed by atoms with Crippen LogP contribution in [-0.4, -0.2) is 29.2 Å². The van der Waals surface area contributed by atoms with Crippen molar-refractivity contribution in [2.75, 3.05) is 0 Å². The Morgan fingerprint density at radius 3 is 2.52 bits per heavy atom. The number of halogens is 1. The molecule has 1 aromatic carbocycles. The monoisotopic (exact) mass is 336 g/mol. The molecule has 2 atom stereocenters. The highest BCUT2D eigenvalue weighted by Crippen LogP contribution is 2.41. The van der Waals surface area contributed by atoms with E-state index in [2.05, 4.69) is 10.6 Å². The van der Waals surface area contributed by atoms with E-state index in [0.29, 0.717) is 23.8 Å². The maximum absolute atomic E-state index is 12.1. The number of carboxylic acids is 1. The Labute approximate surface area is 140 Å². The van der Waals surface area contributed by atoms with E-state index in [1.807, 2.05) is 24.3 Å². The van der Waals surface area contributed by atoms with Gasteiger partial charge in [0.1, 0.15) is 0 Å². The van der Waals surface area contributed by atoms with Gasteiger partial charge in [-0.25, -0.2) is 4.79 Å². The number of carbonyl (C=O) groups is 2. The van der Waals surface area contributed by atoms with Crippen molar-refractivity contribution in [1.29, 1.82) is 0 Å². The fourth-order valence-electron chi connectivity index (χ4n) is 3.34. The molecular weight excluding hydrogens is 316 g/mol. The SMILES string of the molecule is O=C(NC1CCC(C(=O)O)CC1)N[C@@H]1C[C@H]1c1cccc(Cl)c1. The third-order valence-corrected chi connectivity index (χ3v) is 5.03. The Bertz CT molecular complexity index is 599. The van der Waals surface area contributed by atoms with E-state index in [-0.39, 0.29) is 24.0 Å². The van der Waals surface area contributed by atoms with Gasteiger partial charge < -0.3 is 15.7 Å². The number of aliphatic carboxylic acids is 1. The molecule has 23 heavy (non-hydrogen) atoms. The average molecular weight is 337 g/mol. The molecule has 3 N–H and O–H groups in total. The van der Waals surface area contributed by atoms with Gasteiger partial charge in [0.25, 0.3) is 0 Å². The molecule has 0 aliphatic heterocycles. The van der Waals surface area contributed by atoms with Crippen molar-refractivity contribution in [3.05, 3.63) is 34.9 Å². The number of carboxylic acid groups (broad SMARTS) is 1. The molecule has 0 bridgehead atoms. The van der Waals surface area contributed by atoms with Gasteiger partial charge in [-0.1, -0.05) is 23.7 Å². The minimum absolute atomic E-state index is 0.0777. The summed E-state index contributed by atoms with van der Waals surface area (Å²) < 4.78 is 0. The van der Waals surface area contributed by atoms with Crippen LogP contribution < -0.4 is 10.6 Å². The molecule has 2 fully saturated rings. The van der Waals surface area contributed by atoms with Crippen LogP contribution in [-0.2, 0) is 4.79 Å². The molecule has 0 unspecified atom stereocenters. The zero-order valence-electron chi connectivity index (χ0n) is 12.8. The van der Waals surface area contributed by atoms with Crippen LogP contribution >= 0.6 is 11.6 Å². The van der Waals surface area contributed by atoms with E-state index in [9.17, 15) is 9.59 Å². The standard InChI is InChI=1S/C17H21ClN2O3/c18-12-3-1-2-11(8-12)14-9-15(14)20-17(23)19-13-6-4-10(5-7-13)16(21)22/h1-3,8,10,13-15H,4-7,9H2,(H,21,22)(H2,19,20,23)/t10?,13?,14-,15+/m0/s1. The highest BCUT2D eigenvalue weighted by atomic mass is 35.5. The zero-order chi connectivity index (χ0) is 16.4. The van der Waals surface area contributed by atoms with E-state index in [4.69, 9.17) is 16.7 Å². The summed E-state index contributed by atoms with van der Waals surface area (Å²) in [4.78, 5) is 23.0. The zero-order valence-corrected chi connectivity index (χ0v) is 13.6. The first kappa shape index (κ1) is 16.1. The van der Waals surface area contributed by atoms with Crippen molar-refractivity contribution in [1.82, 2.24) is 10.6 Å². The van der Waals surface area contributed by atoms with Gasteiger partial charge in [-0.05, 0) is 49.8 Å². The van der Waals surface area contributed by atoms with Crippen LogP contribution in [0.5, 0.6) is 0 Å². The molecule has 0 spiro atoms. The smallest absolute Gasteiger partial charge is 0.315 e. The Hall–Kier alpha value is -1.75. The van der Waals surface area contributed by atoms with Crippen LogP contribution in [0.1, 0.15) is 43.6 Å². The normalized spacial score (nSPS) is 29.6. The highest BCUT2D eigenvalue weighted by molar-refractivity contribution is 6.30. The van der Waals surface area contributed by atoms with Gasteiger partial charge in [-0.15, -0.1) is 0 Å². The second-order valence-electron chi connectivity index (χ2n) is 6.51. The van der Waals surface area contributed by atoms with Crippen LogP contribution in [0.2, 0.25) is 5.02 Å². The molecule has 0 radical (unpaired) electrons. The fourth-order valence-corrected chi connectivity index (χ4v) is 3.54. The number of hydrogen-bond donors (Lipinski definition) is 3. The topological polar surface area (TPSA) is 78.4 Å². The summed E-state index contributed by atoms with van der Waals surface area (Å²) in [6.45, 7) is 0. The first-order valence-corrected chi connectivity index (χ1v) is 8.46. The molecule has 3 rings (SSSR count). The van der Waals surface area contributed by atoms with E-state index in [0.717, 1.165) is 24.8 Å². The second-order valence-corrected chi connectivity index (χ2v) is 6.94. The van der Waals surface area contributed by atoms with Crippen molar-refractivity contribution in [3.8, 4) is 0 Å². The van der Waals surface area contributed by atoms with Crippen LogP contribution in [0.4, 0.5) is 4.79 Å². The lowest BCUT2D eigenvalue weighted by Crippen LogP contribution is -2.45. The van der Waals surface area contributed by atoms with Crippen LogP contribution in [0.15, 0.2) is 24.3 Å². The first-order chi connectivity index (χ1) is 11.0. The molecule has 2 aliphatic rings. The van der Waals surface area contributed by atoms with E-state index in [1.165, 1.54) is 0 Å². The molecular formula is C17H21ClN2O3. The van der Waals surface area contributed by atoms with Crippen molar-refractivity contribution < 1.29 is 14.7 Å². The number of carbonyl (C=O) groups excluding carboxylic acids is 1. The Kier molecular flexibility index (Phi) is 4.76. The summed E-state index contributed by atoms with van der Waals surface area (Å²) >= 11 is 5.99. The lowest BCUT2D eigenvalue weighted by atomic mass is 9.86. The molecule has 2 aliphatic carbocycles. The summed E-state index contributed by atoms with van der Waals surface area (Å²) in [7, 11) is 0. The number of nitrogens with one attached hydrogen (secondary N) is 2. The van der Waals surface area contributed by atoms with Crippen LogP contribution in [0, 0.1) is 5.92 Å². The average Bonchev–Trinajstić information content (AvgIpc) is 3.26. The maximum Gasteiger partial charge on any atom is 0.315 e. The van der Waals surface area contributed by atoms with E-state index >= 15 is 0 Å². The lowest BCUT2D eigenvalue weighted by Gasteiger charge is -2.26. The van der Waals surface area contributed by atoms with Gasteiger partial charge in [-0.3, -0.25) is 4.79 Å². The maximum atomic E-state index is 12.1. The summed E-state index contributed by atoms with van der Waals surface area (Å²) in [5, 5.41) is 15.7. The number of benzene rings is 1. The third-order valence-electron chi connectivity index (χ3n) is 4.80. The molecule has 0 aromatic heterocycles. The van der Waals surface area contributed by atoms with Gasteiger partial charge in [0.15, 0.2) is 0 Å². The summed E-state index contributed by atoms with van der Waals surface area (Å²) in [5.74, 6) is -0.649. The van der Waals surface area contributed by atoms with Gasteiger partial charge in [0.05, 0.1) is 5.92 Å². The molecule has 5 nitrogen and oxygen atoms in total.